The largest absolute Gasteiger partial charge is 0.465 e. The molecule has 152 valence electrons. The zero-order chi connectivity index (χ0) is 19.3. The van der Waals surface area contributed by atoms with Gasteiger partial charge in [0.2, 0.25) is 0 Å². The van der Waals surface area contributed by atoms with Crippen LogP contribution in [0.1, 0.15) is 104 Å². The highest BCUT2D eigenvalue weighted by atomic mass is 16.6. The van der Waals surface area contributed by atoms with Crippen LogP contribution in [0.5, 0.6) is 0 Å². The van der Waals surface area contributed by atoms with Crippen LogP contribution >= 0.6 is 0 Å². The van der Waals surface area contributed by atoms with Crippen molar-refractivity contribution in [2.24, 2.45) is 11.3 Å². The molecule has 0 aliphatic heterocycles. The Morgan fingerprint density at radius 3 is 1.88 bits per heavy atom. The number of rotatable bonds is 13. The molecule has 0 saturated heterocycles. The van der Waals surface area contributed by atoms with E-state index in [1.54, 1.807) is 0 Å². The monoisotopic (exact) mass is 368 g/mol. The zero-order valence-corrected chi connectivity index (χ0v) is 17.3. The molecule has 1 aliphatic rings. The minimum absolute atomic E-state index is 0.347. The van der Waals surface area contributed by atoms with E-state index in [1.165, 1.54) is 19.3 Å². The molecular formula is C22H40O4. The fourth-order valence-corrected chi connectivity index (χ4v) is 3.61. The van der Waals surface area contributed by atoms with Crippen LogP contribution in [0.15, 0.2) is 0 Å². The summed E-state index contributed by atoms with van der Waals surface area (Å²) < 4.78 is 11.0. The highest BCUT2D eigenvalue weighted by Crippen LogP contribution is 2.39. The summed E-state index contributed by atoms with van der Waals surface area (Å²) in [7, 11) is 0. The lowest BCUT2D eigenvalue weighted by Crippen LogP contribution is -2.43. The number of ether oxygens (including phenoxy) is 2. The van der Waals surface area contributed by atoms with Crippen molar-refractivity contribution in [1.82, 2.24) is 0 Å². The first kappa shape index (κ1) is 23.0. The zero-order valence-electron chi connectivity index (χ0n) is 17.3. The Hall–Kier alpha value is -1.06. The molecular weight excluding hydrogens is 328 g/mol. The van der Waals surface area contributed by atoms with Crippen LogP contribution in [-0.2, 0) is 19.1 Å². The molecule has 1 rings (SSSR count). The van der Waals surface area contributed by atoms with Crippen LogP contribution in [0.4, 0.5) is 0 Å². The highest BCUT2D eigenvalue weighted by molar-refractivity contribution is 6.00. The summed E-state index contributed by atoms with van der Waals surface area (Å²) in [6, 6.07) is 0. The van der Waals surface area contributed by atoms with Crippen LogP contribution in [0.3, 0.4) is 0 Å². The van der Waals surface area contributed by atoms with E-state index < -0.39 is 5.41 Å². The second kappa shape index (κ2) is 13.2. The average Bonchev–Trinajstić information content (AvgIpc) is 2.64. The van der Waals surface area contributed by atoms with Crippen LogP contribution in [0.25, 0.3) is 0 Å². The number of carbonyl (C=O) groups excluding carboxylic acids is 2. The summed E-state index contributed by atoms with van der Waals surface area (Å²) in [6.07, 6.45) is 12.6. The summed E-state index contributed by atoms with van der Waals surface area (Å²) in [6.45, 7) is 7.44. The van der Waals surface area contributed by atoms with Gasteiger partial charge in [-0.15, -0.1) is 0 Å². The Kier molecular flexibility index (Phi) is 11.6. The van der Waals surface area contributed by atoms with Crippen molar-refractivity contribution in [3.63, 3.8) is 0 Å². The number of carbonyl (C=O) groups is 2. The molecule has 0 unspecified atom stereocenters. The van der Waals surface area contributed by atoms with Crippen LogP contribution in [0, 0.1) is 11.3 Å². The molecule has 0 aromatic heterocycles. The van der Waals surface area contributed by atoms with E-state index in [0.29, 0.717) is 26.1 Å². The lowest BCUT2D eigenvalue weighted by atomic mass is 9.74. The molecule has 0 heterocycles. The molecule has 0 atom stereocenters. The third-order valence-electron chi connectivity index (χ3n) is 5.38. The predicted octanol–water partition coefficient (Wildman–Crippen LogP) is 5.82. The second-order valence-electron chi connectivity index (χ2n) is 8.22. The number of esters is 2. The molecule has 0 spiro atoms. The summed E-state index contributed by atoms with van der Waals surface area (Å²) in [5.74, 6) is 0.0532. The second-order valence-corrected chi connectivity index (χ2v) is 8.22. The molecule has 1 aliphatic carbocycles. The first-order valence-corrected chi connectivity index (χ1v) is 10.9. The van der Waals surface area contributed by atoms with E-state index in [0.717, 1.165) is 57.3 Å². The van der Waals surface area contributed by atoms with Gasteiger partial charge in [-0.3, -0.25) is 9.59 Å². The normalized spacial score (nSPS) is 16.5. The van der Waals surface area contributed by atoms with Gasteiger partial charge in [-0.1, -0.05) is 78.6 Å². The quantitative estimate of drug-likeness (QED) is 0.233. The topological polar surface area (TPSA) is 52.6 Å². The molecule has 1 fully saturated rings. The summed E-state index contributed by atoms with van der Waals surface area (Å²) in [4.78, 5) is 25.3. The Balaban J connectivity index is 2.39. The fourth-order valence-electron chi connectivity index (χ4n) is 3.61. The van der Waals surface area contributed by atoms with Crippen molar-refractivity contribution in [1.29, 1.82) is 0 Å². The van der Waals surface area contributed by atoms with Gasteiger partial charge in [0.1, 0.15) is 0 Å². The molecule has 4 heteroatoms. The maximum atomic E-state index is 12.7. The molecule has 0 amide bonds. The maximum absolute atomic E-state index is 12.7. The maximum Gasteiger partial charge on any atom is 0.323 e. The Bertz CT molecular complexity index is 397. The van der Waals surface area contributed by atoms with Crippen LogP contribution < -0.4 is 0 Å². The smallest absolute Gasteiger partial charge is 0.323 e. The SMILES string of the molecule is CCCCCOC(=O)C1(C(=O)OCCCCCCC(C)C)CCCCC1. The average molecular weight is 369 g/mol. The van der Waals surface area contributed by atoms with Gasteiger partial charge >= 0.3 is 11.9 Å². The fraction of sp³-hybridized carbons (Fsp3) is 0.909. The summed E-state index contributed by atoms with van der Waals surface area (Å²) in [5, 5.41) is 0. The Labute approximate surface area is 160 Å². The molecule has 0 aromatic rings. The first-order chi connectivity index (χ1) is 12.5. The Morgan fingerprint density at radius 1 is 0.808 bits per heavy atom. The lowest BCUT2D eigenvalue weighted by molar-refractivity contribution is -0.175. The molecule has 0 radical (unpaired) electrons. The van der Waals surface area contributed by atoms with E-state index in [4.69, 9.17) is 9.47 Å². The van der Waals surface area contributed by atoms with Crippen LogP contribution in [0.2, 0.25) is 0 Å². The first-order valence-electron chi connectivity index (χ1n) is 10.9. The summed E-state index contributed by atoms with van der Waals surface area (Å²) in [5.41, 5.74) is -1.04. The van der Waals surface area contributed by atoms with Crippen molar-refractivity contribution in [2.45, 2.75) is 104 Å². The predicted molar refractivity (Wildman–Crippen MR) is 105 cm³/mol. The third kappa shape index (κ3) is 8.09. The van der Waals surface area contributed by atoms with Gasteiger partial charge in [-0.05, 0) is 31.6 Å². The van der Waals surface area contributed by atoms with E-state index in [1.807, 2.05) is 0 Å². The van der Waals surface area contributed by atoms with Gasteiger partial charge in [-0.25, -0.2) is 0 Å². The highest BCUT2D eigenvalue weighted by Gasteiger charge is 2.49. The third-order valence-corrected chi connectivity index (χ3v) is 5.38. The van der Waals surface area contributed by atoms with Crippen molar-refractivity contribution in [3.05, 3.63) is 0 Å². The summed E-state index contributed by atoms with van der Waals surface area (Å²) >= 11 is 0. The van der Waals surface area contributed by atoms with Gasteiger partial charge in [0.15, 0.2) is 5.41 Å². The van der Waals surface area contributed by atoms with Gasteiger partial charge in [-0.2, -0.15) is 0 Å². The minimum Gasteiger partial charge on any atom is -0.465 e. The van der Waals surface area contributed by atoms with E-state index in [2.05, 4.69) is 20.8 Å². The standard InChI is InChI=1S/C22H40O4/c1-4-5-12-17-25-20(23)22(15-10-8-11-16-22)21(24)26-18-13-7-6-9-14-19(2)3/h19H,4-18H2,1-3H3. The van der Waals surface area contributed by atoms with Crippen molar-refractivity contribution in [3.8, 4) is 0 Å². The molecule has 0 N–H and O–H groups in total. The Morgan fingerprint density at radius 2 is 1.35 bits per heavy atom. The van der Waals surface area contributed by atoms with Crippen molar-refractivity contribution < 1.29 is 19.1 Å². The molecule has 26 heavy (non-hydrogen) atoms. The van der Waals surface area contributed by atoms with Crippen molar-refractivity contribution >= 4 is 11.9 Å². The molecule has 0 aromatic carbocycles. The van der Waals surface area contributed by atoms with Crippen LogP contribution in [-0.4, -0.2) is 25.2 Å². The van der Waals surface area contributed by atoms with E-state index >= 15 is 0 Å². The van der Waals surface area contributed by atoms with Gasteiger partial charge in [0, 0.05) is 0 Å². The molecule has 1 saturated carbocycles. The molecule has 4 nitrogen and oxygen atoms in total. The lowest BCUT2D eigenvalue weighted by Gasteiger charge is -2.32. The molecule has 0 bridgehead atoms. The van der Waals surface area contributed by atoms with Gasteiger partial charge in [0.05, 0.1) is 13.2 Å². The number of hydrogen-bond acceptors (Lipinski definition) is 4. The van der Waals surface area contributed by atoms with Gasteiger partial charge < -0.3 is 9.47 Å². The van der Waals surface area contributed by atoms with E-state index in [-0.39, 0.29) is 11.9 Å². The van der Waals surface area contributed by atoms with Gasteiger partial charge in [0.25, 0.3) is 0 Å². The van der Waals surface area contributed by atoms with Crippen molar-refractivity contribution in [2.75, 3.05) is 13.2 Å². The number of hydrogen-bond donors (Lipinski definition) is 0. The number of unbranched alkanes of at least 4 members (excludes halogenated alkanes) is 5. The van der Waals surface area contributed by atoms with E-state index in [9.17, 15) is 9.59 Å². The minimum atomic E-state index is -1.04.